The Hall–Kier alpha value is -0.510. The van der Waals surface area contributed by atoms with Crippen molar-refractivity contribution < 1.29 is 0 Å². The summed E-state index contributed by atoms with van der Waals surface area (Å²) < 4.78 is 3.31. The van der Waals surface area contributed by atoms with Gasteiger partial charge in [0, 0.05) is 6.54 Å². The van der Waals surface area contributed by atoms with E-state index < -0.39 is 0 Å². The van der Waals surface area contributed by atoms with Crippen molar-refractivity contribution in [2.24, 2.45) is 5.92 Å². The molecule has 0 saturated heterocycles. The van der Waals surface area contributed by atoms with Gasteiger partial charge in [0.25, 0.3) is 0 Å². The minimum Gasteiger partial charge on any atom is -0.369 e. The average molecular weight is 272 g/mol. The van der Waals surface area contributed by atoms with Gasteiger partial charge < -0.3 is 5.32 Å². The molecule has 0 aliphatic carbocycles. The van der Waals surface area contributed by atoms with Crippen LogP contribution in [0.5, 0.6) is 0 Å². The highest BCUT2D eigenvalue weighted by Gasteiger charge is 2.28. The van der Waals surface area contributed by atoms with Crippen molar-refractivity contribution in [3.63, 3.8) is 0 Å². The van der Waals surface area contributed by atoms with E-state index in [1.54, 1.807) is 0 Å². The number of nitrogens with one attached hydrogen (secondary N) is 1. The second-order valence-corrected chi connectivity index (χ2v) is 5.03. The van der Waals surface area contributed by atoms with Gasteiger partial charge in [0.1, 0.15) is 5.82 Å². The fourth-order valence-corrected chi connectivity index (χ4v) is 2.98. The van der Waals surface area contributed by atoms with E-state index in [1.165, 1.54) is 0 Å². The Morgan fingerprint density at radius 3 is 2.87 bits per heavy atom. The molecule has 0 fully saturated rings. The first kappa shape index (κ1) is 11.0. The summed E-state index contributed by atoms with van der Waals surface area (Å²) in [7, 11) is 0. The van der Waals surface area contributed by atoms with Crippen LogP contribution in [0.4, 0.5) is 5.82 Å². The molecule has 2 heterocycles. The van der Waals surface area contributed by atoms with Crippen molar-refractivity contribution >= 4 is 21.7 Å². The molecule has 3 nitrogen and oxygen atoms in total. The van der Waals surface area contributed by atoms with E-state index in [0.717, 1.165) is 35.4 Å². The zero-order valence-corrected chi connectivity index (χ0v) is 11.1. The molecule has 0 spiro atoms. The minimum absolute atomic E-state index is 0.540. The van der Waals surface area contributed by atoms with Crippen molar-refractivity contribution in [3.05, 3.63) is 10.2 Å². The van der Waals surface area contributed by atoms with Gasteiger partial charge in [-0.2, -0.15) is 5.10 Å². The number of fused-ring (bicyclic) bond motifs is 1. The third-order valence-electron chi connectivity index (χ3n) is 3.23. The standard InChI is InChI=1S/C11H18BrN3/c1-4-8-10(12)11-13-6-7(3)9(5-2)15(11)14-8/h7,9,13H,4-6H2,1-3H3. The Bertz CT molecular complexity index is 359. The Kier molecular flexibility index (Phi) is 3.05. The normalized spacial score (nSPS) is 24.8. The summed E-state index contributed by atoms with van der Waals surface area (Å²) in [5.41, 5.74) is 1.16. The number of rotatable bonds is 2. The maximum Gasteiger partial charge on any atom is 0.139 e. The summed E-state index contributed by atoms with van der Waals surface area (Å²) in [6.45, 7) is 7.71. The van der Waals surface area contributed by atoms with Gasteiger partial charge in [0.2, 0.25) is 0 Å². The number of aryl methyl sites for hydroxylation is 1. The molecule has 0 radical (unpaired) electrons. The molecule has 1 aromatic heterocycles. The predicted octanol–water partition coefficient (Wildman–Crippen LogP) is 3.22. The molecule has 15 heavy (non-hydrogen) atoms. The van der Waals surface area contributed by atoms with Crippen LogP contribution in [0.15, 0.2) is 4.47 Å². The van der Waals surface area contributed by atoms with Gasteiger partial charge in [-0.3, -0.25) is 0 Å². The Morgan fingerprint density at radius 2 is 2.27 bits per heavy atom. The molecule has 0 saturated carbocycles. The van der Waals surface area contributed by atoms with Crippen LogP contribution in [0.25, 0.3) is 0 Å². The molecule has 4 heteroatoms. The van der Waals surface area contributed by atoms with Crippen LogP contribution in [0, 0.1) is 5.92 Å². The lowest BCUT2D eigenvalue weighted by atomic mass is 9.98. The number of nitrogens with zero attached hydrogens (tertiary/aromatic N) is 2. The molecule has 2 atom stereocenters. The van der Waals surface area contributed by atoms with Gasteiger partial charge in [-0.15, -0.1) is 0 Å². The number of aromatic nitrogens is 2. The highest BCUT2D eigenvalue weighted by Crippen LogP contribution is 2.36. The van der Waals surface area contributed by atoms with Crippen LogP contribution >= 0.6 is 15.9 Å². The number of halogens is 1. The Balaban J connectivity index is 2.45. The zero-order valence-electron chi connectivity index (χ0n) is 9.55. The number of anilines is 1. The molecule has 1 aliphatic heterocycles. The second-order valence-electron chi connectivity index (χ2n) is 4.24. The topological polar surface area (TPSA) is 29.9 Å². The molecule has 2 unspecified atom stereocenters. The first-order chi connectivity index (χ1) is 7.19. The first-order valence-electron chi connectivity index (χ1n) is 5.69. The first-order valence-corrected chi connectivity index (χ1v) is 6.49. The molecular weight excluding hydrogens is 254 g/mol. The fraction of sp³-hybridized carbons (Fsp3) is 0.727. The lowest BCUT2D eigenvalue weighted by Crippen LogP contribution is -2.31. The monoisotopic (exact) mass is 271 g/mol. The van der Waals surface area contributed by atoms with Crippen molar-refractivity contribution in [2.75, 3.05) is 11.9 Å². The van der Waals surface area contributed by atoms with E-state index in [2.05, 4.69) is 51.8 Å². The Morgan fingerprint density at radius 1 is 1.53 bits per heavy atom. The van der Waals surface area contributed by atoms with E-state index >= 15 is 0 Å². The van der Waals surface area contributed by atoms with Crippen LogP contribution < -0.4 is 5.32 Å². The quantitative estimate of drug-likeness (QED) is 0.895. The molecule has 1 aromatic rings. The third kappa shape index (κ3) is 1.69. The Labute approximate surface area is 99.4 Å². The van der Waals surface area contributed by atoms with Crippen molar-refractivity contribution in [3.8, 4) is 0 Å². The third-order valence-corrected chi connectivity index (χ3v) is 4.07. The summed E-state index contributed by atoms with van der Waals surface area (Å²) in [5, 5.41) is 8.13. The smallest absolute Gasteiger partial charge is 0.139 e. The van der Waals surface area contributed by atoms with Crippen LogP contribution in [0.1, 0.15) is 38.9 Å². The average Bonchev–Trinajstić information content (AvgIpc) is 2.55. The summed E-state index contributed by atoms with van der Waals surface area (Å²) in [6.07, 6.45) is 2.13. The van der Waals surface area contributed by atoms with Crippen molar-refractivity contribution in [2.45, 2.75) is 39.7 Å². The summed E-state index contributed by atoms with van der Waals surface area (Å²) >= 11 is 3.63. The molecule has 2 rings (SSSR count). The largest absolute Gasteiger partial charge is 0.369 e. The van der Waals surface area contributed by atoms with Gasteiger partial charge in [0.15, 0.2) is 0 Å². The lowest BCUT2D eigenvalue weighted by molar-refractivity contribution is 0.312. The van der Waals surface area contributed by atoms with E-state index in [9.17, 15) is 0 Å². The molecule has 0 aromatic carbocycles. The van der Waals surface area contributed by atoms with Gasteiger partial charge in [-0.25, -0.2) is 4.68 Å². The molecule has 0 bridgehead atoms. The maximum atomic E-state index is 4.68. The van der Waals surface area contributed by atoms with Gasteiger partial charge in [0.05, 0.1) is 16.2 Å². The maximum absolute atomic E-state index is 4.68. The van der Waals surface area contributed by atoms with E-state index in [-0.39, 0.29) is 0 Å². The van der Waals surface area contributed by atoms with Crippen molar-refractivity contribution in [1.82, 2.24) is 9.78 Å². The van der Waals surface area contributed by atoms with Gasteiger partial charge >= 0.3 is 0 Å². The van der Waals surface area contributed by atoms with Crippen LogP contribution in [0.3, 0.4) is 0 Å². The highest BCUT2D eigenvalue weighted by molar-refractivity contribution is 9.10. The van der Waals surface area contributed by atoms with Gasteiger partial charge in [-0.05, 0) is 34.7 Å². The SMILES string of the molecule is CCc1nn2c(c1Br)NCC(C)C2CC. The van der Waals surface area contributed by atoms with Crippen LogP contribution in [-0.4, -0.2) is 16.3 Å². The fourth-order valence-electron chi connectivity index (χ4n) is 2.30. The molecule has 0 amide bonds. The number of hydrogen-bond donors (Lipinski definition) is 1. The lowest BCUT2D eigenvalue weighted by Gasteiger charge is -2.30. The summed E-state index contributed by atoms with van der Waals surface area (Å²) in [5.74, 6) is 1.82. The number of hydrogen-bond acceptors (Lipinski definition) is 2. The van der Waals surface area contributed by atoms with Gasteiger partial charge in [-0.1, -0.05) is 20.8 Å². The molecule has 84 valence electrons. The minimum atomic E-state index is 0.540. The predicted molar refractivity (Wildman–Crippen MR) is 66.3 cm³/mol. The molecule has 1 N–H and O–H groups in total. The van der Waals surface area contributed by atoms with E-state index in [0.29, 0.717) is 12.0 Å². The second kappa shape index (κ2) is 4.16. The van der Waals surface area contributed by atoms with E-state index in [4.69, 9.17) is 0 Å². The molecular formula is C11H18BrN3. The zero-order chi connectivity index (χ0) is 11.0. The molecule has 1 aliphatic rings. The van der Waals surface area contributed by atoms with E-state index in [1.807, 2.05) is 0 Å². The highest BCUT2D eigenvalue weighted by atomic mass is 79.9. The van der Waals surface area contributed by atoms with Crippen LogP contribution in [0.2, 0.25) is 0 Å². The summed E-state index contributed by atoms with van der Waals surface area (Å²) in [4.78, 5) is 0. The summed E-state index contributed by atoms with van der Waals surface area (Å²) in [6, 6.07) is 0.540. The van der Waals surface area contributed by atoms with Crippen molar-refractivity contribution in [1.29, 1.82) is 0 Å². The van der Waals surface area contributed by atoms with Crippen LogP contribution in [-0.2, 0) is 6.42 Å².